The van der Waals surface area contributed by atoms with Crippen LogP contribution >= 0.6 is 11.6 Å². The van der Waals surface area contributed by atoms with E-state index in [2.05, 4.69) is 5.10 Å². The van der Waals surface area contributed by atoms with Crippen molar-refractivity contribution in [2.45, 2.75) is 13.0 Å². The van der Waals surface area contributed by atoms with Gasteiger partial charge in [0.25, 0.3) is 0 Å². The summed E-state index contributed by atoms with van der Waals surface area (Å²) in [4.78, 5) is 0. The summed E-state index contributed by atoms with van der Waals surface area (Å²) in [6.45, 7) is 1.94. The monoisotopic (exact) mass is 236 g/mol. The van der Waals surface area contributed by atoms with Gasteiger partial charge in [-0.3, -0.25) is 4.68 Å². The molecule has 0 aliphatic carbocycles. The van der Waals surface area contributed by atoms with Crippen molar-refractivity contribution in [1.82, 2.24) is 9.78 Å². The van der Waals surface area contributed by atoms with Crippen LogP contribution in [-0.4, -0.2) is 14.9 Å². The van der Waals surface area contributed by atoms with Gasteiger partial charge in [-0.15, -0.1) is 0 Å². The molecule has 2 aromatic rings. The third-order valence-corrected chi connectivity index (χ3v) is 2.61. The molecule has 0 radical (unpaired) electrons. The van der Waals surface area contributed by atoms with Gasteiger partial charge in [0.05, 0.1) is 5.69 Å². The first-order valence-corrected chi connectivity index (χ1v) is 5.39. The van der Waals surface area contributed by atoms with Gasteiger partial charge in [-0.2, -0.15) is 5.10 Å². The summed E-state index contributed by atoms with van der Waals surface area (Å²) in [5.74, 6) is 0. The Morgan fingerprint density at radius 2 is 2.12 bits per heavy atom. The van der Waals surface area contributed by atoms with Crippen LogP contribution < -0.4 is 0 Å². The van der Waals surface area contributed by atoms with Gasteiger partial charge in [-0.1, -0.05) is 17.7 Å². The molecule has 1 aromatic heterocycles. The molecule has 16 heavy (non-hydrogen) atoms. The zero-order valence-electron chi connectivity index (χ0n) is 9.18. The number of hydrogen-bond donors (Lipinski definition) is 1. The average molecular weight is 237 g/mol. The van der Waals surface area contributed by atoms with E-state index >= 15 is 0 Å². The quantitative estimate of drug-likeness (QED) is 0.870. The molecule has 3 nitrogen and oxygen atoms in total. The molecule has 1 unspecified atom stereocenters. The molecule has 2 rings (SSSR count). The summed E-state index contributed by atoms with van der Waals surface area (Å²) in [5, 5.41) is 14.9. The first-order chi connectivity index (χ1) is 7.56. The molecule has 1 heterocycles. The highest BCUT2D eigenvalue weighted by atomic mass is 35.5. The Balaban J connectivity index is 2.37. The highest BCUT2D eigenvalue weighted by molar-refractivity contribution is 6.30. The van der Waals surface area contributed by atoms with Gasteiger partial charge in [0, 0.05) is 18.3 Å². The number of benzene rings is 1. The predicted octanol–water partition coefficient (Wildman–Crippen LogP) is 2.46. The summed E-state index contributed by atoms with van der Waals surface area (Å²) in [5.41, 5.74) is 2.42. The first-order valence-electron chi connectivity index (χ1n) is 5.01. The van der Waals surface area contributed by atoms with Crippen molar-refractivity contribution < 1.29 is 5.11 Å². The van der Waals surface area contributed by atoms with Gasteiger partial charge in [0.1, 0.15) is 6.10 Å². The van der Waals surface area contributed by atoms with E-state index in [9.17, 15) is 5.11 Å². The van der Waals surface area contributed by atoms with Crippen LogP contribution in [0.3, 0.4) is 0 Å². The normalized spacial score (nSPS) is 12.8. The number of aliphatic hydroxyl groups is 1. The molecule has 4 heteroatoms. The van der Waals surface area contributed by atoms with E-state index in [4.69, 9.17) is 11.6 Å². The second-order valence-corrected chi connectivity index (χ2v) is 4.32. The fourth-order valence-electron chi connectivity index (χ4n) is 1.67. The fraction of sp³-hybridized carbons (Fsp3) is 0.250. The smallest absolute Gasteiger partial charge is 0.123 e. The van der Waals surface area contributed by atoms with E-state index in [-0.39, 0.29) is 0 Å². The molecule has 0 aliphatic heterocycles. The molecule has 0 fully saturated rings. The minimum atomic E-state index is -0.724. The molecule has 0 saturated carbocycles. The largest absolute Gasteiger partial charge is 0.382 e. The van der Waals surface area contributed by atoms with Crippen molar-refractivity contribution in [3.8, 4) is 0 Å². The Morgan fingerprint density at radius 1 is 1.38 bits per heavy atom. The SMILES string of the molecule is Cc1cc(Cl)cc(C(O)c2ccn(C)n2)c1. The summed E-state index contributed by atoms with van der Waals surface area (Å²) in [6.07, 6.45) is 1.08. The number of halogens is 1. The molecule has 0 bridgehead atoms. The molecule has 84 valence electrons. The number of aromatic nitrogens is 2. The minimum Gasteiger partial charge on any atom is -0.382 e. The Hall–Kier alpha value is -1.32. The van der Waals surface area contributed by atoms with Crippen molar-refractivity contribution in [3.05, 3.63) is 52.3 Å². The van der Waals surface area contributed by atoms with Crippen molar-refractivity contribution in [1.29, 1.82) is 0 Å². The molecule has 0 aliphatic rings. The summed E-state index contributed by atoms with van der Waals surface area (Å²) >= 11 is 5.95. The van der Waals surface area contributed by atoms with Gasteiger partial charge >= 0.3 is 0 Å². The molecule has 0 saturated heterocycles. The summed E-state index contributed by atoms with van der Waals surface area (Å²) in [6, 6.07) is 7.32. The van der Waals surface area contributed by atoms with E-state index < -0.39 is 6.10 Å². The number of rotatable bonds is 2. The Morgan fingerprint density at radius 3 is 2.69 bits per heavy atom. The van der Waals surface area contributed by atoms with Gasteiger partial charge in [-0.25, -0.2) is 0 Å². The lowest BCUT2D eigenvalue weighted by molar-refractivity contribution is 0.214. The molecule has 1 N–H and O–H groups in total. The second-order valence-electron chi connectivity index (χ2n) is 3.88. The maximum absolute atomic E-state index is 10.1. The van der Waals surface area contributed by atoms with Gasteiger partial charge in [0.15, 0.2) is 0 Å². The number of nitrogens with zero attached hydrogens (tertiary/aromatic N) is 2. The molecular formula is C12H13ClN2O. The number of hydrogen-bond acceptors (Lipinski definition) is 2. The lowest BCUT2D eigenvalue weighted by Gasteiger charge is -2.09. The van der Waals surface area contributed by atoms with Crippen LogP contribution in [0.5, 0.6) is 0 Å². The molecule has 0 amide bonds. The van der Waals surface area contributed by atoms with Crippen LogP contribution in [-0.2, 0) is 7.05 Å². The summed E-state index contributed by atoms with van der Waals surface area (Å²) < 4.78 is 1.66. The molecule has 1 atom stereocenters. The Labute approximate surface area is 99.3 Å². The molecule has 0 spiro atoms. The Bertz CT molecular complexity index is 487. The van der Waals surface area contributed by atoms with E-state index in [0.717, 1.165) is 11.1 Å². The highest BCUT2D eigenvalue weighted by Gasteiger charge is 2.13. The van der Waals surface area contributed by atoms with Crippen molar-refractivity contribution in [2.24, 2.45) is 7.05 Å². The topological polar surface area (TPSA) is 38.0 Å². The highest BCUT2D eigenvalue weighted by Crippen LogP contribution is 2.24. The maximum Gasteiger partial charge on any atom is 0.123 e. The van der Waals surface area contributed by atoms with E-state index in [1.807, 2.05) is 26.1 Å². The average Bonchev–Trinajstić information content (AvgIpc) is 2.62. The lowest BCUT2D eigenvalue weighted by atomic mass is 10.0. The molecular weight excluding hydrogens is 224 g/mol. The van der Waals surface area contributed by atoms with Crippen LogP contribution in [0.4, 0.5) is 0 Å². The summed E-state index contributed by atoms with van der Waals surface area (Å²) in [7, 11) is 1.82. The minimum absolute atomic E-state index is 0.629. The van der Waals surface area contributed by atoms with E-state index in [1.165, 1.54) is 0 Å². The van der Waals surface area contributed by atoms with Crippen LogP contribution in [0, 0.1) is 6.92 Å². The van der Waals surface area contributed by atoms with Crippen molar-refractivity contribution in [2.75, 3.05) is 0 Å². The van der Waals surface area contributed by atoms with Crippen LogP contribution in [0.25, 0.3) is 0 Å². The first kappa shape index (κ1) is 11.2. The standard InChI is InChI=1S/C12H13ClN2O/c1-8-5-9(7-10(13)6-8)12(16)11-3-4-15(2)14-11/h3-7,12,16H,1-2H3. The Kier molecular flexibility index (Phi) is 2.99. The van der Waals surface area contributed by atoms with Crippen LogP contribution in [0.2, 0.25) is 5.02 Å². The predicted molar refractivity (Wildman–Crippen MR) is 63.5 cm³/mol. The number of aliphatic hydroxyl groups excluding tert-OH is 1. The zero-order chi connectivity index (χ0) is 11.7. The van der Waals surface area contributed by atoms with Gasteiger partial charge in [0.2, 0.25) is 0 Å². The zero-order valence-corrected chi connectivity index (χ0v) is 9.94. The van der Waals surface area contributed by atoms with E-state index in [0.29, 0.717) is 10.7 Å². The van der Waals surface area contributed by atoms with E-state index in [1.54, 1.807) is 23.0 Å². The third-order valence-electron chi connectivity index (χ3n) is 2.39. The van der Waals surface area contributed by atoms with Gasteiger partial charge < -0.3 is 5.11 Å². The number of aryl methyl sites for hydroxylation is 2. The van der Waals surface area contributed by atoms with Crippen LogP contribution in [0.1, 0.15) is 22.9 Å². The fourth-order valence-corrected chi connectivity index (χ4v) is 1.97. The third kappa shape index (κ3) is 2.26. The maximum atomic E-state index is 10.1. The van der Waals surface area contributed by atoms with Crippen LogP contribution in [0.15, 0.2) is 30.5 Å². The second kappa shape index (κ2) is 4.28. The van der Waals surface area contributed by atoms with Crippen molar-refractivity contribution in [3.63, 3.8) is 0 Å². The molecule has 1 aromatic carbocycles. The van der Waals surface area contributed by atoms with Crippen molar-refractivity contribution >= 4 is 11.6 Å². The van der Waals surface area contributed by atoms with Gasteiger partial charge in [-0.05, 0) is 36.2 Å². The lowest BCUT2D eigenvalue weighted by Crippen LogP contribution is -2.02.